The topological polar surface area (TPSA) is 50.6 Å². The lowest BCUT2D eigenvalue weighted by Crippen LogP contribution is -3.13. The molecule has 0 amide bonds. The summed E-state index contributed by atoms with van der Waals surface area (Å²) in [5, 5.41) is 0. The third-order valence-corrected chi connectivity index (χ3v) is 7.53. The first-order chi connectivity index (χ1) is 13.1. The van der Waals surface area contributed by atoms with Gasteiger partial charge < -0.3 is 4.90 Å². The van der Waals surface area contributed by atoms with Crippen LogP contribution in [0, 0.1) is 0 Å². The van der Waals surface area contributed by atoms with Crippen molar-refractivity contribution in [1.82, 2.24) is 4.72 Å². The molecule has 0 bridgehead atoms. The van der Waals surface area contributed by atoms with Crippen molar-refractivity contribution < 1.29 is 13.3 Å². The van der Waals surface area contributed by atoms with E-state index in [1.807, 2.05) is 6.07 Å². The molecule has 5 heteroatoms. The molecular formula is C22H29N2O2S+. The molecule has 1 aliphatic carbocycles. The number of fused-ring (bicyclic) bond motifs is 1. The molecule has 0 radical (unpaired) electrons. The molecule has 0 spiro atoms. The molecule has 1 heterocycles. The molecule has 27 heavy (non-hydrogen) atoms. The molecule has 2 aliphatic rings. The number of rotatable bonds is 4. The summed E-state index contributed by atoms with van der Waals surface area (Å²) >= 11 is 0. The first-order valence-corrected chi connectivity index (χ1v) is 11.6. The number of sulfonamides is 1. The van der Waals surface area contributed by atoms with Gasteiger partial charge in [0.15, 0.2) is 0 Å². The Morgan fingerprint density at radius 3 is 2.19 bits per heavy atom. The third kappa shape index (κ3) is 4.10. The fraction of sp³-hybridized carbons (Fsp3) is 0.455. The summed E-state index contributed by atoms with van der Waals surface area (Å²) in [5.74, 6) is 0. The van der Waals surface area contributed by atoms with Crippen LogP contribution in [0.4, 0.5) is 0 Å². The maximum atomic E-state index is 13.0. The van der Waals surface area contributed by atoms with E-state index in [1.165, 1.54) is 43.2 Å². The van der Waals surface area contributed by atoms with Crippen LogP contribution in [0.2, 0.25) is 0 Å². The van der Waals surface area contributed by atoms with Gasteiger partial charge in [0.1, 0.15) is 6.04 Å². The third-order valence-electron chi connectivity index (χ3n) is 6.03. The Balaban J connectivity index is 1.62. The van der Waals surface area contributed by atoms with Gasteiger partial charge in [-0.3, -0.25) is 0 Å². The largest absolute Gasteiger partial charge is 0.327 e. The summed E-state index contributed by atoms with van der Waals surface area (Å²) < 4.78 is 29.0. The maximum absolute atomic E-state index is 13.0. The molecule has 1 fully saturated rings. The number of hydrogen-bond donors (Lipinski definition) is 2. The van der Waals surface area contributed by atoms with Gasteiger partial charge in [0.2, 0.25) is 10.0 Å². The summed E-state index contributed by atoms with van der Waals surface area (Å²) in [4.78, 5) is 1.89. The molecule has 0 unspecified atom stereocenters. The smallest absolute Gasteiger partial charge is 0.241 e. The second-order valence-corrected chi connectivity index (χ2v) is 9.56. The second-order valence-electron chi connectivity index (χ2n) is 7.85. The minimum Gasteiger partial charge on any atom is -0.327 e. The Hall–Kier alpha value is -1.69. The van der Waals surface area contributed by atoms with Crippen LogP contribution in [0.15, 0.2) is 59.5 Å². The van der Waals surface area contributed by atoms with E-state index in [-0.39, 0.29) is 12.1 Å². The Morgan fingerprint density at radius 1 is 0.815 bits per heavy atom. The minimum absolute atomic E-state index is 0.0815. The normalized spacial score (nSPS) is 24.1. The van der Waals surface area contributed by atoms with Gasteiger partial charge in [-0.05, 0) is 49.8 Å². The number of benzene rings is 2. The first kappa shape index (κ1) is 18.7. The lowest BCUT2D eigenvalue weighted by Gasteiger charge is -2.32. The maximum Gasteiger partial charge on any atom is 0.241 e. The van der Waals surface area contributed by atoms with Gasteiger partial charge in [-0.2, -0.15) is 0 Å². The summed E-state index contributed by atoms with van der Waals surface area (Å²) in [6, 6.07) is 17.4. The van der Waals surface area contributed by atoms with Crippen molar-refractivity contribution in [3.05, 3.63) is 65.7 Å². The number of hydrogen-bond acceptors (Lipinski definition) is 2. The Labute approximate surface area is 162 Å². The molecule has 0 saturated carbocycles. The van der Waals surface area contributed by atoms with E-state index in [9.17, 15) is 8.42 Å². The zero-order valence-corrected chi connectivity index (χ0v) is 16.5. The zero-order chi connectivity index (χ0) is 18.7. The highest BCUT2D eigenvalue weighted by atomic mass is 32.2. The van der Waals surface area contributed by atoms with E-state index in [0.29, 0.717) is 4.90 Å². The Bertz CT molecular complexity index is 859. The van der Waals surface area contributed by atoms with Gasteiger partial charge in [-0.1, -0.05) is 48.9 Å². The van der Waals surface area contributed by atoms with E-state index in [4.69, 9.17) is 0 Å². The molecular weight excluding hydrogens is 356 g/mol. The van der Waals surface area contributed by atoms with Gasteiger partial charge in [-0.25, -0.2) is 13.1 Å². The van der Waals surface area contributed by atoms with Crippen LogP contribution in [0.1, 0.15) is 49.3 Å². The molecule has 4 nitrogen and oxygen atoms in total. The van der Waals surface area contributed by atoms with Gasteiger partial charge in [0.25, 0.3) is 0 Å². The Kier molecular flexibility index (Phi) is 5.62. The predicted molar refractivity (Wildman–Crippen MR) is 107 cm³/mol. The molecule has 0 aromatic heterocycles. The van der Waals surface area contributed by atoms with Crippen molar-refractivity contribution in [1.29, 1.82) is 0 Å². The first-order valence-electron chi connectivity index (χ1n) is 10.1. The summed E-state index contributed by atoms with van der Waals surface area (Å²) in [7, 11) is -3.51. The van der Waals surface area contributed by atoms with Crippen LogP contribution in [-0.2, 0) is 16.4 Å². The van der Waals surface area contributed by atoms with Crippen molar-refractivity contribution in [3.8, 4) is 0 Å². The summed E-state index contributed by atoms with van der Waals surface area (Å²) in [6.45, 7) is 2.26. The van der Waals surface area contributed by atoms with E-state index in [0.717, 1.165) is 19.5 Å². The highest BCUT2D eigenvalue weighted by Gasteiger charge is 2.41. The molecule has 4 rings (SSSR count). The average Bonchev–Trinajstić information content (AvgIpc) is 2.99. The summed E-state index contributed by atoms with van der Waals surface area (Å²) in [6.07, 6.45) is 7.14. The van der Waals surface area contributed by atoms with Gasteiger partial charge in [-0.15, -0.1) is 0 Å². The van der Waals surface area contributed by atoms with Crippen LogP contribution in [0.25, 0.3) is 0 Å². The fourth-order valence-electron chi connectivity index (χ4n) is 4.75. The van der Waals surface area contributed by atoms with Crippen LogP contribution in [0.5, 0.6) is 0 Å². The standard InChI is InChI=1S/C22H28N2O2S/c25-27(26,19-12-5-4-6-13-19)23-21-17-18-11-7-8-14-20(18)22(21)24-15-9-2-1-3-10-16-24/h4-8,11-14,21-23H,1-3,9-10,15-17H2/p+1/t21-,22-/m0/s1. The van der Waals surface area contributed by atoms with Crippen LogP contribution >= 0.6 is 0 Å². The highest BCUT2D eigenvalue weighted by molar-refractivity contribution is 7.89. The van der Waals surface area contributed by atoms with Crippen molar-refractivity contribution >= 4 is 10.0 Å². The summed E-state index contributed by atoms with van der Waals surface area (Å²) in [5.41, 5.74) is 2.62. The molecule has 1 saturated heterocycles. The number of likely N-dealkylation sites (tertiary alicyclic amines) is 1. The lowest BCUT2D eigenvalue weighted by molar-refractivity contribution is -0.933. The SMILES string of the molecule is O=S(=O)(N[C@H]1Cc2ccccc2[C@@H]1[NH+]1CCCCCCC1)c1ccccc1. The van der Waals surface area contributed by atoms with E-state index < -0.39 is 10.0 Å². The Morgan fingerprint density at radius 2 is 1.44 bits per heavy atom. The van der Waals surface area contributed by atoms with Crippen LogP contribution < -0.4 is 9.62 Å². The lowest BCUT2D eigenvalue weighted by atomic mass is 10.0. The second kappa shape index (κ2) is 8.13. The van der Waals surface area contributed by atoms with Gasteiger partial charge in [0.05, 0.1) is 24.0 Å². The average molecular weight is 386 g/mol. The quantitative estimate of drug-likeness (QED) is 0.850. The monoisotopic (exact) mass is 385 g/mol. The van der Waals surface area contributed by atoms with Crippen LogP contribution in [-0.4, -0.2) is 27.5 Å². The fourth-order valence-corrected chi connectivity index (χ4v) is 6.02. The molecule has 144 valence electrons. The highest BCUT2D eigenvalue weighted by Crippen LogP contribution is 2.30. The molecule has 2 atom stereocenters. The zero-order valence-electron chi connectivity index (χ0n) is 15.7. The number of nitrogens with one attached hydrogen (secondary N) is 2. The van der Waals surface area contributed by atoms with Gasteiger partial charge >= 0.3 is 0 Å². The minimum atomic E-state index is -3.51. The van der Waals surface area contributed by atoms with Crippen molar-refractivity contribution in [2.75, 3.05) is 13.1 Å². The van der Waals surface area contributed by atoms with E-state index >= 15 is 0 Å². The van der Waals surface area contributed by atoms with E-state index in [1.54, 1.807) is 29.2 Å². The van der Waals surface area contributed by atoms with E-state index in [2.05, 4.69) is 29.0 Å². The van der Waals surface area contributed by atoms with Crippen molar-refractivity contribution in [2.45, 2.75) is 55.5 Å². The van der Waals surface area contributed by atoms with Crippen molar-refractivity contribution in [3.63, 3.8) is 0 Å². The number of quaternary nitrogens is 1. The van der Waals surface area contributed by atoms with Gasteiger partial charge in [0, 0.05) is 5.56 Å². The predicted octanol–water partition coefficient (Wildman–Crippen LogP) is 2.48. The molecule has 2 aromatic rings. The van der Waals surface area contributed by atoms with Crippen molar-refractivity contribution in [2.24, 2.45) is 0 Å². The molecule has 2 N–H and O–H groups in total. The molecule has 2 aromatic carbocycles. The van der Waals surface area contributed by atoms with Crippen LogP contribution in [0.3, 0.4) is 0 Å². The molecule has 1 aliphatic heterocycles.